The molecule has 0 aliphatic rings. The molecular weight excluding hydrogens is 426 g/mol. The van der Waals surface area contributed by atoms with Gasteiger partial charge >= 0.3 is 0 Å². The van der Waals surface area contributed by atoms with Crippen LogP contribution in [0.1, 0.15) is 5.56 Å². The number of benzene rings is 2. The molecule has 2 aromatic heterocycles. The lowest BCUT2D eigenvalue weighted by Gasteiger charge is -2.14. The number of hydrogen-bond donors (Lipinski definition) is 1. The van der Waals surface area contributed by atoms with Crippen molar-refractivity contribution >= 4 is 20.7 Å². The maximum atomic E-state index is 14.2. The Morgan fingerprint density at radius 1 is 1.03 bits per heavy atom. The van der Waals surface area contributed by atoms with Crippen molar-refractivity contribution in [3.05, 3.63) is 82.4 Å². The van der Waals surface area contributed by atoms with E-state index in [1.54, 1.807) is 36.0 Å². The van der Waals surface area contributed by atoms with Gasteiger partial charge in [-0.1, -0.05) is 6.07 Å². The lowest BCUT2D eigenvalue weighted by Crippen LogP contribution is -2.09. The number of H-pyrrole nitrogens is 1. The smallest absolute Gasteiger partial charge is 0.272 e. The molecule has 0 unspecified atom stereocenters. The molecule has 0 bridgehead atoms. The first-order valence-corrected chi connectivity index (χ1v) is 11.3. The zero-order valence-corrected chi connectivity index (χ0v) is 17.5. The average molecular weight is 444 g/mol. The van der Waals surface area contributed by atoms with E-state index in [4.69, 9.17) is 4.74 Å². The van der Waals surface area contributed by atoms with Crippen LogP contribution in [0.3, 0.4) is 0 Å². The van der Waals surface area contributed by atoms with Crippen molar-refractivity contribution in [1.29, 1.82) is 0 Å². The SMILES string of the molecule is Cn1ccc2c(-c3cc(CS(C)(=O)=O)ccc3Oc3ccc(F)cc3F)c[nH]c(=O)c21. The third-order valence-electron chi connectivity index (χ3n) is 4.80. The van der Waals surface area contributed by atoms with Gasteiger partial charge in [0.05, 0.1) is 5.75 Å². The number of aromatic amines is 1. The highest BCUT2D eigenvalue weighted by molar-refractivity contribution is 7.89. The molecule has 2 aromatic carbocycles. The number of nitrogens with one attached hydrogen (secondary N) is 1. The Morgan fingerprint density at radius 2 is 1.77 bits per heavy atom. The van der Waals surface area contributed by atoms with E-state index in [9.17, 15) is 22.0 Å². The standard InChI is InChI=1S/C22H18F2N2O4S/c1-26-8-7-15-17(11-25-22(27)21(15)26)16-9-13(12-31(2,28)29)3-5-19(16)30-20-6-4-14(23)10-18(20)24/h3-11H,12H2,1-2H3,(H,25,27). The van der Waals surface area contributed by atoms with Gasteiger partial charge < -0.3 is 14.3 Å². The van der Waals surface area contributed by atoms with Crippen LogP contribution in [0.15, 0.2) is 59.7 Å². The summed E-state index contributed by atoms with van der Waals surface area (Å²) in [6, 6.07) is 9.43. The molecule has 0 fully saturated rings. The number of nitrogens with zero attached hydrogens (tertiary/aromatic N) is 1. The average Bonchev–Trinajstić information content (AvgIpc) is 3.07. The number of sulfone groups is 1. The minimum Gasteiger partial charge on any atom is -0.454 e. The van der Waals surface area contributed by atoms with E-state index in [0.717, 1.165) is 12.3 Å². The van der Waals surface area contributed by atoms with Crippen LogP contribution in [0, 0.1) is 11.6 Å². The fourth-order valence-corrected chi connectivity index (χ4v) is 4.27. The molecule has 0 saturated heterocycles. The monoisotopic (exact) mass is 444 g/mol. The van der Waals surface area contributed by atoms with E-state index >= 15 is 0 Å². The largest absolute Gasteiger partial charge is 0.454 e. The van der Waals surface area contributed by atoms with E-state index in [0.29, 0.717) is 33.7 Å². The van der Waals surface area contributed by atoms with Crippen LogP contribution in [-0.4, -0.2) is 24.2 Å². The van der Waals surface area contributed by atoms with E-state index in [1.807, 2.05) is 0 Å². The van der Waals surface area contributed by atoms with Crippen LogP contribution in [0.25, 0.3) is 22.0 Å². The molecule has 6 nitrogen and oxygen atoms in total. The Hall–Kier alpha value is -3.46. The lowest BCUT2D eigenvalue weighted by molar-refractivity contribution is 0.439. The topological polar surface area (TPSA) is 81.2 Å². The maximum absolute atomic E-state index is 14.2. The second-order valence-electron chi connectivity index (χ2n) is 7.30. The quantitative estimate of drug-likeness (QED) is 0.502. The fraction of sp³-hybridized carbons (Fsp3) is 0.136. The second kappa shape index (κ2) is 7.66. The molecule has 2 heterocycles. The number of pyridine rings is 1. The van der Waals surface area contributed by atoms with Gasteiger partial charge in [-0.15, -0.1) is 0 Å². The van der Waals surface area contributed by atoms with Gasteiger partial charge in [0.2, 0.25) is 0 Å². The highest BCUT2D eigenvalue weighted by Crippen LogP contribution is 2.38. The third kappa shape index (κ3) is 4.22. The van der Waals surface area contributed by atoms with Gasteiger partial charge in [0.15, 0.2) is 21.4 Å². The summed E-state index contributed by atoms with van der Waals surface area (Å²) in [4.78, 5) is 15.0. The van der Waals surface area contributed by atoms with Gasteiger partial charge in [0, 0.05) is 48.3 Å². The molecule has 0 amide bonds. The molecule has 9 heteroatoms. The molecule has 0 radical (unpaired) electrons. The first kappa shape index (κ1) is 20.8. The molecule has 0 saturated carbocycles. The van der Waals surface area contributed by atoms with Crippen LogP contribution in [0.4, 0.5) is 8.78 Å². The van der Waals surface area contributed by atoms with Crippen LogP contribution >= 0.6 is 0 Å². The summed E-state index contributed by atoms with van der Waals surface area (Å²) in [5, 5.41) is 0.618. The molecule has 0 atom stereocenters. The zero-order chi connectivity index (χ0) is 22.3. The highest BCUT2D eigenvalue weighted by atomic mass is 32.2. The normalized spacial score (nSPS) is 11.7. The molecule has 1 N–H and O–H groups in total. The summed E-state index contributed by atoms with van der Waals surface area (Å²) in [6.45, 7) is 0. The van der Waals surface area contributed by atoms with Crippen molar-refractivity contribution in [2.45, 2.75) is 5.75 Å². The molecule has 31 heavy (non-hydrogen) atoms. The van der Waals surface area contributed by atoms with Gasteiger partial charge in [0.1, 0.15) is 17.1 Å². The van der Waals surface area contributed by atoms with Gasteiger partial charge in [-0.25, -0.2) is 17.2 Å². The van der Waals surface area contributed by atoms with Crippen molar-refractivity contribution in [2.24, 2.45) is 7.05 Å². The van der Waals surface area contributed by atoms with Gasteiger partial charge in [0.25, 0.3) is 5.56 Å². The predicted molar refractivity (Wildman–Crippen MR) is 114 cm³/mol. The Balaban J connectivity index is 1.93. The number of ether oxygens (including phenoxy) is 1. The summed E-state index contributed by atoms with van der Waals surface area (Å²) < 4.78 is 58.4. The number of fused-ring (bicyclic) bond motifs is 1. The van der Waals surface area contributed by atoms with Crippen molar-refractivity contribution in [3.8, 4) is 22.6 Å². The molecule has 4 rings (SSSR count). The molecule has 0 aliphatic carbocycles. The van der Waals surface area contributed by atoms with E-state index in [1.165, 1.54) is 18.3 Å². The second-order valence-corrected chi connectivity index (χ2v) is 9.44. The van der Waals surface area contributed by atoms with Crippen molar-refractivity contribution in [3.63, 3.8) is 0 Å². The van der Waals surface area contributed by atoms with E-state index < -0.39 is 21.5 Å². The number of halogens is 2. The molecule has 160 valence electrons. The molecular formula is C22H18F2N2O4S. The summed E-state index contributed by atoms with van der Waals surface area (Å²) in [6.07, 6.45) is 4.35. The third-order valence-corrected chi connectivity index (χ3v) is 5.66. The van der Waals surface area contributed by atoms with Crippen molar-refractivity contribution in [1.82, 2.24) is 9.55 Å². The Labute approximate surface area is 176 Å². The van der Waals surface area contributed by atoms with Crippen LogP contribution in [0.2, 0.25) is 0 Å². The van der Waals surface area contributed by atoms with Gasteiger partial charge in [-0.05, 0) is 35.9 Å². The fourth-order valence-electron chi connectivity index (χ4n) is 3.48. The summed E-state index contributed by atoms with van der Waals surface area (Å²) >= 11 is 0. The van der Waals surface area contributed by atoms with Crippen LogP contribution < -0.4 is 10.3 Å². The molecule has 4 aromatic rings. The number of aromatic nitrogens is 2. The number of hydrogen-bond acceptors (Lipinski definition) is 4. The first-order chi connectivity index (χ1) is 14.6. The number of rotatable bonds is 5. The Kier molecular flexibility index (Phi) is 5.14. The number of aryl methyl sites for hydroxylation is 1. The first-order valence-electron chi connectivity index (χ1n) is 9.23. The highest BCUT2D eigenvalue weighted by Gasteiger charge is 2.17. The maximum Gasteiger partial charge on any atom is 0.272 e. The van der Waals surface area contributed by atoms with E-state index in [2.05, 4.69) is 4.98 Å². The summed E-state index contributed by atoms with van der Waals surface area (Å²) in [7, 11) is -1.58. The Bertz CT molecular complexity index is 1470. The van der Waals surface area contributed by atoms with Gasteiger partial charge in [-0.3, -0.25) is 4.79 Å². The van der Waals surface area contributed by atoms with Crippen molar-refractivity contribution < 1.29 is 21.9 Å². The lowest BCUT2D eigenvalue weighted by atomic mass is 10.0. The van der Waals surface area contributed by atoms with Crippen molar-refractivity contribution in [2.75, 3.05) is 6.26 Å². The summed E-state index contributed by atoms with van der Waals surface area (Å²) in [5.41, 5.74) is 1.66. The summed E-state index contributed by atoms with van der Waals surface area (Å²) in [5.74, 6) is -1.78. The van der Waals surface area contributed by atoms with Crippen LogP contribution in [-0.2, 0) is 22.6 Å². The minimum atomic E-state index is -3.31. The minimum absolute atomic E-state index is 0.188. The Morgan fingerprint density at radius 3 is 2.48 bits per heavy atom. The van der Waals surface area contributed by atoms with Gasteiger partial charge in [-0.2, -0.15) is 0 Å². The zero-order valence-electron chi connectivity index (χ0n) is 16.6. The van der Waals surface area contributed by atoms with Crippen LogP contribution in [0.5, 0.6) is 11.5 Å². The molecule has 0 spiro atoms. The van der Waals surface area contributed by atoms with E-state index in [-0.39, 0.29) is 22.8 Å². The molecule has 0 aliphatic heterocycles. The predicted octanol–water partition coefficient (Wildman–Crippen LogP) is 4.15.